The highest BCUT2D eigenvalue weighted by Gasteiger charge is 2.15. The highest BCUT2D eigenvalue weighted by Crippen LogP contribution is 2.06. The largest absolute Gasteiger partial charge is 0.478 e. The Bertz CT molecular complexity index is 316. The quantitative estimate of drug-likeness (QED) is 0.584. The Labute approximate surface area is 68.4 Å². The van der Waals surface area contributed by atoms with Gasteiger partial charge in [-0.2, -0.15) is 0 Å². The van der Waals surface area contributed by atoms with E-state index in [0.29, 0.717) is 0 Å². The molecule has 64 valence electrons. The van der Waals surface area contributed by atoms with E-state index in [0.717, 1.165) is 0 Å². The van der Waals surface area contributed by atoms with Crippen molar-refractivity contribution in [2.24, 2.45) is 0 Å². The molecule has 1 aromatic heterocycles. The van der Waals surface area contributed by atoms with Crippen LogP contribution in [0.5, 0.6) is 0 Å². The lowest BCUT2D eigenvalue weighted by atomic mass is 10.2. The molecule has 0 saturated heterocycles. The topological polar surface area (TPSA) is 82.2 Å². The lowest BCUT2D eigenvalue weighted by Crippen LogP contribution is -2.19. The Morgan fingerprint density at radius 3 is 2.50 bits per heavy atom. The summed E-state index contributed by atoms with van der Waals surface area (Å²) in [5, 5.41) is 10.9. The summed E-state index contributed by atoms with van der Waals surface area (Å²) in [6.45, 7) is 0. The predicted octanol–water partition coefficient (Wildman–Crippen LogP) is 0.0725. The molecule has 0 unspecified atom stereocenters. The number of hydrogen-bond acceptors (Lipinski definition) is 2. The molecule has 0 bridgehead atoms. The zero-order valence-electron chi connectivity index (χ0n) is 6.42. The molecule has 0 aliphatic carbocycles. The zero-order valence-corrected chi connectivity index (χ0v) is 6.42. The average Bonchev–Trinajstić information content (AvgIpc) is 2.50. The van der Waals surface area contributed by atoms with Crippen LogP contribution >= 0.6 is 0 Å². The number of carbonyl (C=O) groups is 2. The summed E-state index contributed by atoms with van der Waals surface area (Å²) in [6, 6.07) is 0. The molecule has 0 atom stereocenters. The van der Waals surface area contributed by atoms with Crippen molar-refractivity contribution in [3.05, 3.63) is 23.5 Å². The van der Waals surface area contributed by atoms with Crippen molar-refractivity contribution in [2.45, 2.75) is 0 Å². The number of aromatic carboxylic acids is 1. The molecule has 1 amide bonds. The normalized spacial score (nSPS) is 9.42. The smallest absolute Gasteiger partial charge is 0.338 e. The molecule has 0 saturated carbocycles. The minimum absolute atomic E-state index is 0.0191. The summed E-state index contributed by atoms with van der Waals surface area (Å²) >= 11 is 0. The van der Waals surface area contributed by atoms with Gasteiger partial charge >= 0.3 is 5.97 Å². The van der Waals surface area contributed by atoms with Crippen molar-refractivity contribution in [1.29, 1.82) is 0 Å². The first kappa shape index (κ1) is 8.32. The van der Waals surface area contributed by atoms with Gasteiger partial charge < -0.3 is 15.4 Å². The van der Waals surface area contributed by atoms with Gasteiger partial charge in [-0.1, -0.05) is 0 Å². The number of aromatic amines is 1. The van der Waals surface area contributed by atoms with Crippen LogP contribution in [-0.2, 0) is 0 Å². The van der Waals surface area contributed by atoms with Gasteiger partial charge in [-0.25, -0.2) is 4.79 Å². The van der Waals surface area contributed by atoms with Gasteiger partial charge in [-0.3, -0.25) is 4.79 Å². The van der Waals surface area contributed by atoms with E-state index in [9.17, 15) is 9.59 Å². The number of rotatable bonds is 2. The van der Waals surface area contributed by atoms with Crippen LogP contribution in [0.4, 0.5) is 0 Å². The van der Waals surface area contributed by atoms with Crippen molar-refractivity contribution >= 4 is 11.9 Å². The van der Waals surface area contributed by atoms with Crippen molar-refractivity contribution in [2.75, 3.05) is 7.05 Å². The van der Waals surface area contributed by atoms with Gasteiger partial charge in [0.25, 0.3) is 5.91 Å². The second-order valence-electron chi connectivity index (χ2n) is 2.17. The number of carbonyl (C=O) groups excluding carboxylic acids is 1. The molecule has 5 heteroatoms. The molecule has 0 aliphatic heterocycles. The molecule has 3 N–H and O–H groups in total. The van der Waals surface area contributed by atoms with E-state index in [-0.39, 0.29) is 11.1 Å². The minimum Gasteiger partial charge on any atom is -0.478 e. The maximum atomic E-state index is 11.0. The summed E-state index contributed by atoms with van der Waals surface area (Å²) in [7, 11) is 1.45. The van der Waals surface area contributed by atoms with Gasteiger partial charge in [0.05, 0.1) is 11.1 Å². The first-order chi connectivity index (χ1) is 5.66. The van der Waals surface area contributed by atoms with Gasteiger partial charge in [0.15, 0.2) is 0 Å². The van der Waals surface area contributed by atoms with E-state index in [1.807, 2.05) is 0 Å². The van der Waals surface area contributed by atoms with Gasteiger partial charge in [-0.05, 0) is 0 Å². The van der Waals surface area contributed by atoms with Crippen LogP contribution in [0.1, 0.15) is 20.7 Å². The lowest BCUT2D eigenvalue weighted by Gasteiger charge is -1.96. The van der Waals surface area contributed by atoms with Crippen LogP contribution in [0.25, 0.3) is 0 Å². The summed E-state index contributed by atoms with van der Waals surface area (Å²) in [6.07, 6.45) is 2.62. The Morgan fingerprint density at radius 1 is 1.42 bits per heavy atom. The first-order valence-electron chi connectivity index (χ1n) is 3.29. The summed E-state index contributed by atoms with van der Waals surface area (Å²) in [5.41, 5.74) is 0.124. The Hall–Kier alpha value is -1.78. The third-order valence-corrected chi connectivity index (χ3v) is 1.45. The van der Waals surface area contributed by atoms with E-state index in [1.165, 1.54) is 19.4 Å². The van der Waals surface area contributed by atoms with E-state index in [1.54, 1.807) is 0 Å². The molecule has 0 aliphatic rings. The first-order valence-corrected chi connectivity index (χ1v) is 3.29. The minimum atomic E-state index is -1.12. The van der Waals surface area contributed by atoms with E-state index in [2.05, 4.69) is 10.3 Å². The highest BCUT2D eigenvalue weighted by molar-refractivity contribution is 6.04. The molecule has 1 aromatic rings. The zero-order chi connectivity index (χ0) is 9.14. The molecule has 5 nitrogen and oxygen atoms in total. The Kier molecular flexibility index (Phi) is 2.14. The number of carboxylic acid groups (broad SMARTS) is 1. The second kappa shape index (κ2) is 3.08. The van der Waals surface area contributed by atoms with Crippen molar-refractivity contribution in [1.82, 2.24) is 10.3 Å². The third kappa shape index (κ3) is 1.29. The molecule has 1 rings (SSSR count). The van der Waals surface area contributed by atoms with Gasteiger partial charge in [0, 0.05) is 19.4 Å². The van der Waals surface area contributed by atoms with Crippen molar-refractivity contribution in [3.63, 3.8) is 0 Å². The van der Waals surface area contributed by atoms with Crippen LogP contribution in [0.3, 0.4) is 0 Å². The molecule has 0 fully saturated rings. The number of nitrogens with one attached hydrogen (secondary N) is 2. The van der Waals surface area contributed by atoms with E-state index < -0.39 is 11.9 Å². The summed E-state index contributed by atoms with van der Waals surface area (Å²) in [5.74, 6) is -1.52. The molecule has 1 heterocycles. The molecular weight excluding hydrogens is 160 g/mol. The molecule has 0 spiro atoms. The number of H-pyrrole nitrogens is 1. The fraction of sp³-hybridized carbons (Fsp3) is 0.143. The SMILES string of the molecule is CNC(=O)c1c[nH]cc1C(=O)O. The monoisotopic (exact) mass is 168 g/mol. The second-order valence-corrected chi connectivity index (χ2v) is 2.17. The lowest BCUT2D eigenvalue weighted by molar-refractivity contribution is 0.0691. The standard InChI is InChI=1S/C7H8N2O3/c1-8-6(10)4-2-9-3-5(4)7(11)12/h2-3,9H,1H3,(H,8,10)(H,11,12). The average molecular weight is 168 g/mol. The summed E-state index contributed by atoms with van der Waals surface area (Å²) < 4.78 is 0. The van der Waals surface area contributed by atoms with Crippen molar-refractivity contribution in [3.8, 4) is 0 Å². The van der Waals surface area contributed by atoms with Gasteiger partial charge in [0.2, 0.25) is 0 Å². The fourth-order valence-corrected chi connectivity index (χ4v) is 0.863. The van der Waals surface area contributed by atoms with Gasteiger partial charge in [-0.15, -0.1) is 0 Å². The molecule has 0 aromatic carbocycles. The van der Waals surface area contributed by atoms with Crippen LogP contribution in [0, 0.1) is 0 Å². The number of amides is 1. The highest BCUT2D eigenvalue weighted by atomic mass is 16.4. The maximum absolute atomic E-state index is 11.0. The Morgan fingerprint density at radius 2 is 2.00 bits per heavy atom. The predicted molar refractivity (Wildman–Crippen MR) is 41.1 cm³/mol. The number of aromatic nitrogens is 1. The Balaban J connectivity index is 3.07. The van der Waals surface area contributed by atoms with Crippen LogP contribution in [-0.4, -0.2) is 29.0 Å². The van der Waals surface area contributed by atoms with Gasteiger partial charge in [0.1, 0.15) is 0 Å². The number of carboxylic acids is 1. The van der Waals surface area contributed by atoms with Crippen LogP contribution in [0.15, 0.2) is 12.4 Å². The molecule has 0 radical (unpaired) electrons. The molecule has 12 heavy (non-hydrogen) atoms. The van der Waals surface area contributed by atoms with Crippen LogP contribution in [0.2, 0.25) is 0 Å². The van der Waals surface area contributed by atoms with Crippen molar-refractivity contribution < 1.29 is 14.7 Å². The third-order valence-electron chi connectivity index (χ3n) is 1.45. The van der Waals surface area contributed by atoms with E-state index >= 15 is 0 Å². The number of hydrogen-bond donors (Lipinski definition) is 3. The summed E-state index contributed by atoms with van der Waals surface area (Å²) in [4.78, 5) is 24.1. The maximum Gasteiger partial charge on any atom is 0.338 e. The van der Waals surface area contributed by atoms with Crippen LogP contribution < -0.4 is 5.32 Å². The molecular formula is C7H8N2O3. The fourth-order valence-electron chi connectivity index (χ4n) is 0.863. The van der Waals surface area contributed by atoms with E-state index in [4.69, 9.17) is 5.11 Å².